The summed E-state index contributed by atoms with van der Waals surface area (Å²) in [7, 11) is 0. The molecule has 0 saturated carbocycles. The quantitative estimate of drug-likeness (QED) is 0.702. The second kappa shape index (κ2) is 5.32. The van der Waals surface area contributed by atoms with E-state index >= 15 is 0 Å². The van der Waals surface area contributed by atoms with Crippen LogP contribution in [0.1, 0.15) is 11.1 Å². The maximum absolute atomic E-state index is 5.75. The minimum Gasteiger partial charge on any atom is -0.431 e. The molecule has 3 aromatic rings. The molecule has 0 atom stereocenters. The third-order valence-corrected chi connectivity index (χ3v) is 3.44. The summed E-state index contributed by atoms with van der Waals surface area (Å²) < 4.78 is 5.47. The Balaban J connectivity index is 1.84. The van der Waals surface area contributed by atoms with Crippen molar-refractivity contribution in [3.05, 3.63) is 59.9 Å². The number of aryl methyl sites for hydroxylation is 2. The van der Waals surface area contributed by atoms with Crippen molar-refractivity contribution in [1.29, 1.82) is 0 Å². The molecule has 0 spiro atoms. The van der Waals surface area contributed by atoms with E-state index in [1.165, 1.54) is 11.1 Å². The number of hydrogen-bond donors (Lipinski definition) is 2. The Morgan fingerprint density at radius 1 is 1.05 bits per heavy atom. The molecule has 0 aliphatic rings. The number of aromatic nitrogens is 1. The first-order valence-electron chi connectivity index (χ1n) is 6.77. The summed E-state index contributed by atoms with van der Waals surface area (Å²) in [6.45, 7) is 4.18. The van der Waals surface area contributed by atoms with Gasteiger partial charge < -0.3 is 15.5 Å². The molecule has 0 unspecified atom stereocenters. The van der Waals surface area contributed by atoms with Crippen molar-refractivity contribution < 1.29 is 4.42 Å². The number of nitrogens with zero attached hydrogens (tertiary/aromatic N) is 1. The van der Waals surface area contributed by atoms with E-state index in [-0.39, 0.29) is 0 Å². The summed E-state index contributed by atoms with van der Waals surface area (Å²) in [5.41, 5.74) is 11.6. The Kier molecular flexibility index (Phi) is 3.36. The van der Waals surface area contributed by atoms with Gasteiger partial charge in [0.05, 0.1) is 0 Å². The van der Waals surface area contributed by atoms with Gasteiger partial charge in [-0.3, -0.25) is 0 Å². The van der Waals surface area contributed by atoms with Gasteiger partial charge in [0, 0.05) is 16.9 Å². The van der Waals surface area contributed by atoms with Gasteiger partial charge in [-0.2, -0.15) is 4.98 Å². The molecule has 1 heterocycles. The number of rotatable bonds is 3. The number of nitrogen functional groups attached to an aromatic ring is 1. The van der Waals surface area contributed by atoms with Crippen LogP contribution in [0.15, 0.2) is 53.1 Å². The van der Waals surface area contributed by atoms with Crippen LogP contribution in [0.5, 0.6) is 0 Å². The van der Waals surface area contributed by atoms with Crippen LogP contribution >= 0.6 is 0 Å². The minimum atomic E-state index is 0.453. The molecule has 0 fully saturated rings. The van der Waals surface area contributed by atoms with Crippen LogP contribution in [0.3, 0.4) is 0 Å². The van der Waals surface area contributed by atoms with Gasteiger partial charge in [0.2, 0.25) is 0 Å². The fourth-order valence-corrected chi connectivity index (χ4v) is 2.10. The van der Waals surface area contributed by atoms with Crippen molar-refractivity contribution in [2.75, 3.05) is 11.1 Å². The summed E-state index contributed by atoms with van der Waals surface area (Å²) in [6, 6.07) is 14.2. The summed E-state index contributed by atoms with van der Waals surface area (Å²) >= 11 is 0. The van der Waals surface area contributed by atoms with Crippen LogP contribution in [0.4, 0.5) is 17.4 Å². The summed E-state index contributed by atoms with van der Waals surface area (Å²) in [5.74, 6) is 0. The second-order valence-electron chi connectivity index (χ2n) is 5.09. The minimum absolute atomic E-state index is 0.453. The van der Waals surface area contributed by atoms with Gasteiger partial charge in [-0.05, 0) is 49.2 Å². The highest BCUT2D eigenvalue weighted by Crippen LogP contribution is 2.25. The van der Waals surface area contributed by atoms with Crippen molar-refractivity contribution >= 4 is 17.4 Å². The lowest BCUT2D eigenvalue weighted by molar-refractivity contribution is 0.578. The SMILES string of the molecule is Cc1ccc(-c2coc(Nc3cccc(N)c3)n2)cc1C. The van der Waals surface area contributed by atoms with Crippen LogP contribution in [0.2, 0.25) is 0 Å². The lowest BCUT2D eigenvalue weighted by Crippen LogP contribution is -1.92. The molecule has 1 aromatic heterocycles. The Bertz CT molecular complexity index is 777. The zero-order chi connectivity index (χ0) is 14.8. The fraction of sp³-hybridized carbons (Fsp3) is 0.118. The molecule has 0 saturated heterocycles. The zero-order valence-corrected chi connectivity index (χ0v) is 12.1. The maximum atomic E-state index is 5.75. The van der Waals surface area contributed by atoms with Crippen LogP contribution in [-0.2, 0) is 0 Å². The number of oxazole rings is 1. The smallest absolute Gasteiger partial charge is 0.299 e. The largest absolute Gasteiger partial charge is 0.431 e. The van der Waals surface area contributed by atoms with Gasteiger partial charge in [-0.25, -0.2) is 0 Å². The normalized spacial score (nSPS) is 10.6. The van der Waals surface area contributed by atoms with E-state index in [1.54, 1.807) is 6.26 Å². The van der Waals surface area contributed by atoms with Crippen molar-refractivity contribution in [2.45, 2.75) is 13.8 Å². The molecule has 0 amide bonds. The highest BCUT2D eigenvalue weighted by Gasteiger charge is 2.07. The molecule has 0 aliphatic carbocycles. The van der Waals surface area contributed by atoms with Crippen LogP contribution in [0.25, 0.3) is 11.3 Å². The van der Waals surface area contributed by atoms with Crippen molar-refractivity contribution in [3.63, 3.8) is 0 Å². The van der Waals surface area contributed by atoms with E-state index < -0.39 is 0 Å². The summed E-state index contributed by atoms with van der Waals surface area (Å²) in [6.07, 6.45) is 1.65. The molecule has 3 N–H and O–H groups in total. The summed E-state index contributed by atoms with van der Waals surface area (Å²) in [4.78, 5) is 4.46. The van der Waals surface area contributed by atoms with E-state index in [0.29, 0.717) is 11.7 Å². The van der Waals surface area contributed by atoms with Gasteiger partial charge >= 0.3 is 0 Å². The van der Waals surface area contributed by atoms with Gasteiger partial charge in [-0.15, -0.1) is 0 Å². The summed E-state index contributed by atoms with van der Waals surface area (Å²) in [5, 5.41) is 3.10. The van der Waals surface area contributed by atoms with Gasteiger partial charge in [0.25, 0.3) is 6.01 Å². The highest BCUT2D eigenvalue weighted by molar-refractivity contribution is 5.64. The number of nitrogens with two attached hydrogens (primary N) is 1. The Morgan fingerprint density at radius 2 is 1.90 bits per heavy atom. The number of benzene rings is 2. The molecule has 0 radical (unpaired) electrons. The Labute approximate surface area is 123 Å². The van der Waals surface area contributed by atoms with Crippen LogP contribution < -0.4 is 11.1 Å². The fourth-order valence-electron chi connectivity index (χ4n) is 2.10. The third kappa shape index (κ3) is 2.89. The molecule has 21 heavy (non-hydrogen) atoms. The standard InChI is InChI=1S/C17H17N3O/c1-11-6-7-13(8-12(11)2)16-10-21-17(20-16)19-15-5-3-4-14(18)9-15/h3-10H,18H2,1-2H3,(H,19,20). The molecule has 0 bridgehead atoms. The molecule has 4 heteroatoms. The lowest BCUT2D eigenvalue weighted by Gasteiger charge is -2.02. The maximum Gasteiger partial charge on any atom is 0.299 e. The van der Waals surface area contributed by atoms with E-state index in [1.807, 2.05) is 30.3 Å². The lowest BCUT2D eigenvalue weighted by atomic mass is 10.1. The Hall–Kier alpha value is -2.75. The van der Waals surface area contributed by atoms with Crippen LogP contribution in [-0.4, -0.2) is 4.98 Å². The molecule has 0 aliphatic heterocycles. The Morgan fingerprint density at radius 3 is 2.67 bits per heavy atom. The molecule has 106 valence electrons. The van der Waals surface area contributed by atoms with E-state index in [9.17, 15) is 0 Å². The predicted molar refractivity (Wildman–Crippen MR) is 85.6 cm³/mol. The third-order valence-electron chi connectivity index (χ3n) is 3.44. The number of hydrogen-bond acceptors (Lipinski definition) is 4. The van der Waals surface area contributed by atoms with Gasteiger partial charge in [0.15, 0.2) is 0 Å². The first kappa shape index (κ1) is 13.2. The van der Waals surface area contributed by atoms with Gasteiger partial charge in [0.1, 0.15) is 12.0 Å². The molecule has 4 nitrogen and oxygen atoms in total. The van der Waals surface area contributed by atoms with Crippen molar-refractivity contribution in [2.24, 2.45) is 0 Å². The molecule has 2 aromatic carbocycles. The van der Waals surface area contributed by atoms with E-state index in [0.717, 1.165) is 16.9 Å². The first-order chi connectivity index (χ1) is 10.1. The number of anilines is 3. The van der Waals surface area contributed by atoms with Crippen LogP contribution in [0, 0.1) is 13.8 Å². The zero-order valence-electron chi connectivity index (χ0n) is 12.1. The highest BCUT2D eigenvalue weighted by atomic mass is 16.4. The van der Waals surface area contributed by atoms with E-state index in [2.05, 4.69) is 36.3 Å². The second-order valence-corrected chi connectivity index (χ2v) is 5.09. The topological polar surface area (TPSA) is 64.1 Å². The molecule has 3 rings (SSSR count). The molecular weight excluding hydrogens is 262 g/mol. The average molecular weight is 279 g/mol. The van der Waals surface area contributed by atoms with Gasteiger partial charge in [-0.1, -0.05) is 18.2 Å². The monoisotopic (exact) mass is 279 g/mol. The number of nitrogens with one attached hydrogen (secondary N) is 1. The van der Waals surface area contributed by atoms with Crippen molar-refractivity contribution in [3.8, 4) is 11.3 Å². The molecular formula is C17H17N3O. The average Bonchev–Trinajstić information content (AvgIpc) is 2.90. The first-order valence-corrected chi connectivity index (χ1v) is 6.77. The van der Waals surface area contributed by atoms with E-state index in [4.69, 9.17) is 10.2 Å². The predicted octanol–water partition coefficient (Wildman–Crippen LogP) is 4.28. The van der Waals surface area contributed by atoms with Crippen molar-refractivity contribution in [1.82, 2.24) is 4.98 Å².